The second-order valence-corrected chi connectivity index (χ2v) is 5.93. The lowest BCUT2D eigenvalue weighted by atomic mass is 10.0. The molecule has 0 aliphatic carbocycles. The lowest BCUT2D eigenvalue weighted by molar-refractivity contribution is 0.0700. The maximum Gasteiger partial charge on any atom is 0.255 e. The number of likely N-dealkylation sites (tertiary alicyclic amines) is 1. The van der Waals surface area contributed by atoms with Crippen molar-refractivity contribution < 1.29 is 9.18 Å². The first-order valence-electron chi connectivity index (χ1n) is 6.26. The highest BCUT2D eigenvalue weighted by molar-refractivity contribution is 9.10. The number of carbonyl (C=O) groups is 1. The van der Waals surface area contributed by atoms with Crippen molar-refractivity contribution in [3.63, 3.8) is 0 Å². The van der Waals surface area contributed by atoms with Gasteiger partial charge in [-0.05, 0) is 52.9 Å². The number of rotatable bonds is 2. The first-order chi connectivity index (χ1) is 8.50. The van der Waals surface area contributed by atoms with Gasteiger partial charge in [-0.25, -0.2) is 4.39 Å². The van der Waals surface area contributed by atoms with Crippen LogP contribution in [0.1, 0.15) is 37.0 Å². The summed E-state index contributed by atoms with van der Waals surface area (Å²) in [7, 11) is 0. The fourth-order valence-electron chi connectivity index (χ4n) is 2.55. The molecule has 2 rings (SSSR count). The summed E-state index contributed by atoms with van der Waals surface area (Å²) in [5.74, 6) is -0.0109. The quantitative estimate of drug-likeness (QED) is 0.812. The van der Waals surface area contributed by atoms with Crippen molar-refractivity contribution in [1.29, 1.82) is 0 Å². The number of hydrogen-bond donors (Lipinski definition) is 0. The van der Waals surface area contributed by atoms with Crippen LogP contribution in [0.25, 0.3) is 0 Å². The molecule has 1 aliphatic rings. The number of benzene rings is 1. The molecule has 1 amide bonds. The number of hydrogen-bond acceptors (Lipinski definition) is 1. The Labute approximate surface area is 115 Å². The van der Waals surface area contributed by atoms with Crippen molar-refractivity contribution in [2.24, 2.45) is 5.92 Å². The summed E-state index contributed by atoms with van der Waals surface area (Å²) in [6.07, 6.45) is 2.07. The van der Waals surface area contributed by atoms with E-state index < -0.39 is 0 Å². The standard InChI is InChI=1S/C14H17BrFNO/c1-9(2)13-4-3-7-17(13)14(18)11-8-10(16)5-6-12(11)15/h5-6,8-9,13H,3-4,7H2,1-2H3. The van der Waals surface area contributed by atoms with Gasteiger partial charge in [-0.2, -0.15) is 0 Å². The van der Waals surface area contributed by atoms with Crippen LogP contribution in [0.15, 0.2) is 22.7 Å². The third-order valence-corrected chi connectivity index (χ3v) is 4.18. The monoisotopic (exact) mass is 313 g/mol. The highest BCUT2D eigenvalue weighted by atomic mass is 79.9. The van der Waals surface area contributed by atoms with E-state index >= 15 is 0 Å². The van der Waals surface area contributed by atoms with Crippen molar-refractivity contribution in [2.45, 2.75) is 32.7 Å². The maximum atomic E-state index is 13.3. The summed E-state index contributed by atoms with van der Waals surface area (Å²) in [5, 5.41) is 0. The second kappa shape index (κ2) is 5.39. The van der Waals surface area contributed by atoms with Gasteiger partial charge < -0.3 is 4.90 Å². The fraction of sp³-hybridized carbons (Fsp3) is 0.500. The SMILES string of the molecule is CC(C)C1CCCN1C(=O)c1cc(F)ccc1Br. The number of halogens is 2. The minimum Gasteiger partial charge on any atom is -0.335 e. The Morgan fingerprint density at radius 2 is 2.22 bits per heavy atom. The largest absolute Gasteiger partial charge is 0.335 e. The fourth-order valence-corrected chi connectivity index (χ4v) is 2.97. The molecule has 1 aliphatic heterocycles. The van der Waals surface area contributed by atoms with Gasteiger partial charge in [0.05, 0.1) is 5.56 Å². The molecular weight excluding hydrogens is 297 g/mol. The summed E-state index contributed by atoms with van der Waals surface area (Å²) in [6.45, 7) is 5.01. The molecule has 0 saturated carbocycles. The lowest BCUT2D eigenvalue weighted by Crippen LogP contribution is -2.38. The van der Waals surface area contributed by atoms with E-state index in [0.717, 1.165) is 19.4 Å². The molecule has 0 N–H and O–H groups in total. The molecule has 0 bridgehead atoms. The zero-order valence-corrected chi connectivity index (χ0v) is 12.2. The minimum absolute atomic E-state index is 0.0717. The molecule has 0 spiro atoms. The normalized spacial score (nSPS) is 19.6. The van der Waals surface area contributed by atoms with E-state index in [1.165, 1.54) is 12.1 Å². The minimum atomic E-state index is -0.373. The van der Waals surface area contributed by atoms with Crippen LogP contribution in [0, 0.1) is 11.7 Å². The molecule has 1 saturated heterocycles. The van der Waals surface area contributed by atoms with E-state index in [0.29, 0.717) is 16.0 Å². The number of amides is 1. The van der Waals surface area contributed by atoms with Crippen molar-refractivity contribution in [1.82, 2.24) is 4.90 Å². The van der Waals surface area contributed by atoms with Gasteiger partial charge in [-0.3, -0.25) is 4.79 Å². The van der Waals surface area contributed by atoms with Gasteiger partial charge in [0.2, 0.25) is 0 Å². The van der Waals surface area contributed by atoms with Crippen LogP contribution in [0.5, 0.6) is 0 Å². The van der Waals surface area contributed by atoms with Gasteiger partial charge in [0.1, 0.15) is 5.82 Å². The van der Waals surface area contributed by atoms with E-state index in [4.69, 9.17) is 0 Å². The third kappa shape index (κ3) is 2.58. The average Bonchev–Trinajstić information content (AvgIpc) is 2.80. The summed E-state index contributed by atoms with van der Waals surface area (Å²) >= 11 is 3.32. The molecule has 18 heavy (non-hydrogen) atoms. The summed E-state index contributed by atoms with van der Waals surface area (Å²) in [4.78, 5) is 14.3. The molecule has 1 aromatic carbocycles. The zero-order chi connectivity index (χ0) is 13.3. The summed E-state index contributed by atoms with van der Waals surface area (Å²) in [6, 6.07) is 4.52. The van der Waals surface area contributed by atoms with E-state index in [1.54, 1.807) is 6.07 Å². The first kappa shape index (κ1) is 13.5. The average molecular weight is 314 g/mol. The van der Waals surface area contributed by atoms with Crippen LogP contribution >= 0.6 is 15.9 Å². The molecular formula is C14H17BrFNO. The number of nitrogens with zero attached hydrogens (tertiary/aromatic N) is 1. The van der Waals surface area contributed by atoms with Crippen molar-refractivity contribution in [3.05, 3.63) is 34.1 Å². The zero-order valence-electron chi connectivity index (χ0n) is 10.6. The van der Waals surface area contributed by atoms with E-state index in [-0.39, 0.29) is 17.8 Å². The van der Waals surface area contributed by atoms with Gasteiger partial charge in [-0.1, -0.05) is 13.8 Å². The van der Waals surface area contributed by atoms with Gasteiger partial charge in [-0.15, -0.1) is 0 Å². The van der Waals surface area contributed by atoms with Crippen LogP contribution in [0.2, 0.25) is 0 Å². The van der Waals surface area contributed by atoms with Gasteiger partial charge >= 0.3 is 0 Å². The molecule has 1 aromatic rings. The summed E-state index contributed by atoms with van der Waals surface area (Å²) in [5.41, 5.74) is 0.419. The molecule has 1 fully saturated rings. The molecule has 1 unspecified atom stereocenters. The molecule has 98 valence electrons. The predicted octanol–water partition coefficient (Wildman–Crippen LogP) is 3.85. The second-order valence-electron chi connectivity index (χ2n) is 5.08. The Bertz CT molecular complexity index is 461. The topological polar surface area (TPSA) is 20.3 Å². The molecule has 4 heteroatoms. The molecule has 1 heterocycles. The molecule has 0 aromatic heterocycles. The first-order valence-corrected chi connectivity index (χ1v) is 7.06. The van der Waals surface area contributed by atoms with Crippen LogP contribution in [-0.4, -0.2) is 23.4 Å². The Morgan fingerprint density at radius 3 is 2.89 bits per heavy atom. The molecule has 2 nitrogen and oxygen atoms in total. The van der Waals surface area contributed by atoms with Crippen LogP contribution < -0.4 is 0 Å². The third-order valence-electron chi connectivity index (χ3n) is 3.49. The van der Waals surface area contributed by atoms with Gasteiger partial charge in [0, 0.05) is 17.1 Å². The number of carbonyl (C=O) groups excluding carboxylic acids is 1. The van der Waals surface area contributed by atoms with Crippen molar-refractivity contribution in [3.8, 4) is 0 Å². The lowest BCUT2D eigenvalue weighted by Gasteiger charge is -2.28. The molecule has 1 atom stereocenters. The van der Waals surface area contributed by atoms with E-state index in [9.17, 15) is 9.18 Å². The highest BCUT2D eigenvalue weighted by Gasteiger charge is 2.32. The predicted molar refractivity (Wildman–Crippen MR) is 73.0 cm³/mol. The Balaban J connectivity index is 2.28. The van der Waals surface area contributed by atoms with Gasteiger partial charge in [0.25, 0.3) is 5.91 Å². The highest BCUT2D eigenvalue weighted by Crippen LogP contribution is 2.28. The summed E-state index contributed by atoms with van der Waals surface area (Å²) < 4.78 is 13.9. The molecule has 0 radical (unpaired) electrons. The van der Waals surface area contributed by atoms with Crippen LogP contribution in [0.3, 0.4) is 0 Å². The Kier molecular flexibility index (Phi) is 4.05. The Hall–Kier alpha value is -0.900. The smallest absolute Gasteiger partial charge is 0.255 e. The van der Waals surface area contributed by atoms with Gasteiger partial charge in [0.15, 0.2) is 0 Å². The van der Waals surface area contributed by atoms with Crippen molar-refractivity contribution >= 4 is 21.8 Å². The van der Waals surface area contributed by atoms with E-state index in [1.807, 2.05) is 4.90 Å². The van der Waals surface area contributed by atoms with E-state index in [2.05, 4.69) is 29.8 Å². The van der Waals surface area contributed by atoms with Crippen molar-refractivity contribution in [2.75, 3.05) is 6.54 Å². The van der Waals surface area contributed by atoms with Crippen LogP contribution in [0.4, 0.5) is 4.39 Å². The van der Waals surface area contributed by atoms with Crippen LogP contribution in [-0.2, 0) is 0 Å². The maximum absolute atomic E-state index is 13.3. The Morgan fingerprint density at radius 1 is 1.50 bits per heavy atom.